The first kappa shape index (κ1) is 17.4. The van der Waals surface area contributed by atoms with Crippen molar-refractivity contribution in [1.82, 2.24) is 19.4 Å². The molecule has 8 heteroatoms. The van der Waals surface area contributed by atoms with Gasteiger partial charge < -0.3 is 23.8 Å². The molecule has 4 rings (SSSR count). The van der Waals surface area contributed by atoms with Gasteiger partial charge in [-0.05, 0) is 24.1 Å². The number of piperazine rings is 1. The summed E-state index contributed by atoms with van der Waals surface area (Å²) in [5.74, 6) is 1.45. The van der Waals surface area contributed by atoms with E-state index in [0.717, 1.165) is 24.3 Å². The van der Waals surface area contributed by atoms with Crippen LogP contribution in [0.4, 0.5) is 0 Å². The first-order chi connectivity index (χ1) is 13.2. The molecule has 1 saturated heterocycles. The quantitative estimate of drug-likeness (QED) is 0.765. The van der Waals surface area contributed by atoms with Crippen LogP contribution in [0.25, 0.3) is 0 Å². The molecule has 1 fully saturated rings. The van der Waals surface area contributed by atoms with E-state index in [4.69, 9.17) is 9.47 Å². The van der Waals surface area contributed by atoms with Crippen LogP contribution in [0.2, 0.25) is 0 Å². The van der Waals surface area contributed by atoms with Crippen LogP contribution in [-0.4, -0.2) is 57.6 Å². The van der Waals surface area contributed by atoms with Gasteiger partial charge in [0, 0.05) is 45.0 Å². The SMILES string of the molecule is O=C(CCCn1ccnc1)N1CCN(Cc2ccc3c(c2)OCO3)C(=O)C1. The minimum atomic E-state index is -0.0260. The van der Waals surface area contributed by atoms with Crippen LogP contribution in [-0.2, 0) is 22.7 Å². The molecule has 0 bridgehead atoms. The molecule has 0 unspecified atom stereocenters. The average molecular weight is 370 g/mol. The van der Waals surface area contributed by atoms with E-state index in [1.165, 1.54) is 0 Å². The van der Waals surface area contributed by atoms with Gasteiger partial charge in [-0.1, -0.05) is 6.07 Å². The molecule has 8 nitrogen and oxygen atoms in total. The molecule has 2 aromatic rings. The number of rotatable bonds is 6. The molecule has 2 amide bonds. The number of imidazole rings is 1. The molecule has 27 heavy (non-hydrogen) atoms. The molecule has 0 radical (unpaired) electrons. The molecule has 2 aliphatic heterocycles. The van der Waals surface area contributed by atoms with Crippen molar-refractivity contribution in [2.24, 2.45) is 0 Å². The standard InChI is InChI=1S/C19H22N4O4/c24-18(2-1-6-21-7-5-20-13-21)23-9-8-22(19(25)12-23)11-15-3-4-16-17(10-15)27-14-26-16/h3-5,7,10,13H,1-2,6,8-9,11-12,14H2. The molecule has 1 aromatic carbocycles. The summed E-state index contributed by atoms with van der Waals surface area (Å²) in [6, 6.07) is 5.71. The maximum atomic E-state index is 12.5. The molecule has 0 N–H and O–H groups in total. The van der Waals surface area contributed by atoms with E-state index >= 15 is 0 Å². The van der Waals surface area contributed by atoms with Gasteiger partial charge >= 0.3 is 0 Å². The Morgan fingerprint density at radius 1 is 1.19 bits per heavy atom. The second-order valence-corrected chi connectivity index (χ2v) is 6.72. The van der Waals surface area contributed by atoms with Crippen LogP contribution in [0.3, 0.4) is 0 Å². The highest BCUT2D eigenvalue weighted by Crippen LogP contribution is 2.32. The molecule has 2 aliphatic rings. The first-order valence-corrected chi connectivity index (χ1v) is 9.09. The predicted molar refractivity (Wildman–Crippen MR) is 96.0 cm³/mol. The molecule has 0 spiro atoms. The minimum absolute atomic E-state index is 0.0260. The summed E-state index contributed by atoms with van der Waals surface area (Å²) in [6.07, 6.45) is 6.51. The zero-order valence-corrected chi connectivity index (χ0v) is 15.0. The van der Waals surface area contributed by atoms with Crippen molar-refractivity contribution in [2.75, 3.05) is 26.4 Å². The fraction of sp³-hybridized carbons (Fsp3) is 0.421. The third-order valence-electron chi connectivity index (χ3n) is 4.85. The lowest BCUT2D eigenvalue weighted by molar-refractivity contribution is -0.145. The Kier molecular flexibility index (Phi) is 4.95. The smallest absolute Gasteiger partial charge is 0.242 e. The summed E-state index contributed by atoms with van der Waals surface area (Å²) < 4.78 is 12.6. The maximum Gasteiger partial charge on any atom is 0.242 e. The van der Waals surface area contributed by atoms with E-state index in [0.29, 0.717) is 31.8 Å². The van der Waals surface area contributed by atoms with E-state index in [1.807, 2.05) is 29.0 Å². The van der Waals surface area contributed by atoms with E-state index < -0.39 is 0 Å². The Hall–Kier alpha value is -3.03. The summed E-state index contributed by atoms with van der Waals surface area (Å²) in [6.45, 7) is 2.76. The highest BCUT2D eigenvalue weighted by molar-refractivity contribution is 5.86. The van der Waals surface area contributed by atoms with Gasteiger partial charge in [-0.2, -0.15) is 0 Å². The minimum Gasteiger partial charge on any atom is -0.454 e. The number of ether oxygens (including phenoxy) is 2. The van der Waals surface area contributed by atoms with Gasteiger partial charge in [0.15, 0.2) is 11.5 Å². The Bertz CT molecular complexity index is 821. The Morgan fingerprint density at radius 2 is 2.07 bits per heavy atom. The summed E-state index contributed by atoms with van der Waals surface area (Å²) in [4.78, 5) is 32.3. The Labute approximate surface area is 157 Å². The Morgan fingerprint density at radius 3 is 2.89 bits per heavy atom. The molecule has 3 heterocycles. The summed E-state index contributed by atoms with van der Waals surface area (Å²) in [7, 11) is 0. The van der Waals surface area contributed by atoms with E-state index in [9.17, 15) is 9.59 Å². The molecule has 142 valence electrons. The fourth-order valence-electron chi connectivity index (χ4n) is 3.34. The van der Waals surface area contributed by atoms with E-state index in [2.05, 4.69) is 4.98 Å². The highest BCUT2D eigenvalue weighted by Gasteiger charge is 2.27. The first-order valence-electron chi connectivity index (χ1n) is 9.09. The number of carbonyl (C=O) groups is 2. The molecule has 0 saturated carbocycles. The van der Waals surface area contributed by atoms with Gasteiger partial charge in [0.2, 0.25) is 18.6 Å². The van der Waals surface area contributed by atoms with Crippen molar-refractivity contribution in [1.29, 1.82) is 0 Å². The van der Waals surface area contributed by atoms with Gasteiger partial charge in [0.25, 0.3) is 0 Å². The van der Waals surface area contributed by atoms with Crippen molar-refractivity contribution >= 4 is 11.8 Å². The summed E-state index contributed by atoms with van der Waals surface area (Å²) in [5.41, 5.74) is 0.993. The van der Waals surface area contributed by atoms with Gasteiger partial charge in [0.1, 0.15) is 0 Å². The number of hydrogen-bond donors (Lipinski definition) is 0. The van der Waals surface area contributed by atoms with Crippen molar-refractivity contribution in [3.63, 3.8) is 0 Å². The number of hydrogen-bond acceptors (Lipinski definition) is 5. The summed E-state index contributed by atoms with van der Waals surface area (Å²) >= 11 is 0. The lowest BCUT2D eigenvalue weighted by Crippen LogP contribution is -2.51. The molecule has 0 atom stereocenters. The van der Waals surface area contributed by atoms with Crippen molar-refractivity contribution in [2.45, 2.75) is 25.9 Å². The van der Waals surface area contributed by atoms with Crippen LogP contribution < -0.4 is 9.47 Å². The predicted octanol–water partition coefficient (Wildman–Crippen LogP) is 1.26. The third kappa shape index (κ3) is 4.05. The number of aromatic nitrogens is 2. The van der Waals surface area contributed by atoms with Gasteiger partial charge in [-0.3, -0.25) is 9.59 Å². The largest absolute Gasteiger partial charge is 0.454 e. The number of fused-ring (bicyclic) bond motifs is 1. The van der Waals surface area contributed by atoms with E-state index in [-0.39, 0.29) is 25.2 Å². The van der Waals surface area contributed by atoms with Crippen molar-refractivity contribution in [3.8, 4) is 11.5 Å². The Balaban J connectivity index is 1.26. The van der Waals surface area contributed by atoms with Crippen LogP contribution in [0.1, 0.15) is 18.4 Å². The van der Waals surface area contributed by atoms with Gasteiger partial charge in [-0.25, -0.2) is 4.98 Å². The molecule has 1 aromatic heterocycles. The van der Waals surface area contributed by atoms with Crippen LogP contribution >= 0.6 is 0 Å². The number of benzene rings is 1. The monoisotopic (exact) mass is 370 g/mol. The van der Waals surface area contributed by atoms with Crippen LogP contribution in [0, 0.1) is 0 Å². The number of amides is 2. The average Bonchev–Trinajstić information content (AvgIpc) is 3.34. The lowest BCUT2D eigenvalue weighted by atomic mass is 10.1. The number of nitrogens with zero attached hydrogens (tertiary/aromatic N) is 4. The third-order valence-corrected chi connectivity index (χ3v) is 4.85. The van der Waals surface area contributed by atoms with Crippen molar-refractivity contribution in [3.05, 3.63) is 42.5 Å². The topological polar surface area (TPSA) is 76.9 Å². The second kappa shape index (κ2) is 7.69. The van der Waals surface area contributed by atoms with Gasteiger partial charge in [-0.15, -0.1) is 0 Å². The fourth-order valence-corrected chi connectivity index (χ4v) is 3.34. The number of carbonyl (C=O) groups excluding carboxylic acids is 2. The summed E-state index contributed by atoms with van der Waals surface area (Å²) in [5, 5.41) is 0. The zero-order chi connectivity index (χ0) is 18.6. The second-order valence-electron chi connectivity index (χ2n) is 6.72. The molecule has 0 aliphatic carbocycles. The highest BCUT2D eigenvalue weighted by atomic mass is 16.7. The number of aryl methyl sites for hydroxylation is 1. The van der Waals surface area contributed by atoms with Crippen LogP contribution in [0.15, 0.2) is 36.9 Å². The normalized spacial score (nSPS) is 16.1. The van der Waals surface area contributed by atoms with Crippen LogP contribution in [0.5, 0.6) is 11.5 Å². The van der Waals surface area contributed by atoms with E-state index in [1.54, 1.807) is 22.3 Å². The molecular weight excluding hydrogens is 348 g/mol. The van der Waals surface area contributed by atoms with Crippen molar-refractivity contribution < 1.29 is 19.1 Å². The zero-order valence-electron chi connectivity index (χ0n) is 15.0. The maximum absolute atomic E-state index is 12.5. The lowest BCUT2D eigenvalue weighted by Gasteiger charge is -2.34. The molecular formula is C19H22N4O4. The van der Waals surface area contributed by atoms with Gasteiger partial charge in [0.05, 0.1) is 12.9 Å².